The number of halogens is 1. The molecule has 1 aliphatic rings. The molecule has 1 aromatic heterocycles. The standard InChI is InChI=1S/C26H31ClN4O3/c1-18(2)28-26(32)30(16-21-12-9-15-33-21)17-22-19(3)29-31(20-10-5-4-6-11-20)25(22)34-24-14-8-7-13-23(24)27/h4-8,10-11,13-14,18,21H,9,12,15-17H2,1-3H3,(H,28,32)/t21-/m1/s1. The Bertz CT molecular complexity index is 1110. The molecule has 2 amide bonds. The van der Waals surface area contributed by atoms with Crippen molar-refractivity contribution < 1.29 is 14.3 Å². The maximum atomic E-state index is 13.1. The van der Waals surface area contributed by atoms with Crippen LogP contribution in [0, 0.1) is 6.92 Å². The molecule has 2 heterocycles. The predicted molar refractivity (Wildman–Crippen MR) is 133 cm³/mol. The van der Waals surface area contributed by atoms with Crippen LogP contribution in [0.3, 0.4) is 0 Å². The van der Waals surface area contributed by atoms with E-state index in [1.165, 1.54) is 0 Å². The zero-order valence-electron chi connectivity index (χ0n) is 19.8. The van der Waals surface area contributed by atoms with Crippen LogP contribution in [-0.2, 0) is 11.3 Å². The van der Waals surface area contributed by atoms with Crippen LogP contribution in [-0.4, -0.2) is 46.0 Å². The summed E-state index contributed by atoms with van der Waals surface area (Å²) in [7, 11) is 0. The fourth-order valence-electron chi connectivity index (χ4n) is 3.98. The van der Waals surface area contributed by atoms with E-state index < -0.39 is 0 Å². The summed E-state index contributed by atoms with van der Waals surface area (Å²) in [4.78, 5) is 14.9. The smallest absolute Gasteiger partial charge is 0.317 e. The zero-order valence-corrected chi connectivity index (χ0v) is 20.6. The lowest BCUT2D eigenvalue weighted by atomic mass is 10.2. The highest BCUT2D eigenvalue weighted by molar-refractivity contribution is 6.32. The molecule has 1 saturated heterocycles. The van der Waals surface area contributed by atoms with Gasteiger partial charge < -0.3 is 19.7 Å². The van der Waals surface area contributed by atoms with Gasteiger partial charge in [0.1, 0.15) is 5.75 Å². The molecule has 7 nitrogen and oxygen atoms in total. The third-order valence-electron chi connectivity index (χ3n) is 5.68. The van der Waals surface area contributed by atoms with Crippen LogP contribution in [0.5, 0.6) is 11.6 Å². The Morgan fingerprint density at radius 2 is 1.97 bits per heavy atom. The molecule has 0 bridgehead atoms. The zero-order chi connectivity index (χ0) is 24.1. The number of rotatable bonds is 8. The molecular weight excluding hydrogens is 452 g/mol. The fraction of sp³-hybridized carbons (Fsp3) is 0.385. The first kappa shape index (κ1) is 24.1. The van der Waals surface area contributed by atoms with E-state index in [0.29, 0.717) is 29.7 Å². The first-order chi connectivity index (χ1) is 16.4. The molecule has 1 atom stereocenters. The van der Waals surface area contributed by atoms with Crippen LogP contribution in [0.25, 0.3) is 5.69 Å². The van der Waals surface area contributed by atoms with Crippen LogP contribution < -0.4 is 10.1 Å². The molecule has 34 heavy (non-hydrogen) atoms. The quantitative estimate of drug-likeness (QED) is 0.445. The molecule has 0 radical (unpaired) electrons. The molecule has 0 spiro atoms. The second-order valence-electron chi connectivity index (χ2n) is 8.77. The van der Waals surface area contributed by atoms with E-state index in [1.54, 1.807) is 15.6 Å². The minimum Gasteiger partial charge on any atom is -0.437 e. The summed E-state index contributed by atoms with van der Waals surface area (Å²) in [6, 6.07) is 17.0. The van der Waals surface area contributed by atoms with Crippen molar-refractivity contribution in [3.63, 3.8) is 0 Å². The van der Waals surface area contributed by atoms with Crippen LogP contribution in [0.1, 0.15) is 37.9 Å². The van der Waals surface area contributed by atoms with Crippen molar-refractivity contribution in [1.82, 2.24) is 20.0 Å². The van der Waals surface area contributed by atoms with Gasteiger partial charge in [0, 0.05) is 19.2 Å². The van der Waals surface area contributed by atoms with Gasteiger partial charge in [-0.15, -0.1) is 0 Å². The predicted octanol–water partition coefficient (Wildman–Crippen LogP) is 5.73. The second kappa shape index (κ2) is 10.9. The highest BCUT2D eigenvalue weighted by Gasteiger charge is 2.27. The van der Waals surface area contributed by atoms with Gasteiger partial charge in [-0.3, -0.25) is 0 Å². The Hall–Kier alpha value is -3.03. The number of hydrogen-bond acceptors (Lipinski definition) is 4. The molecule has 0 aliphatic carbocycles. The molecular formula is C26H31ClN4O3. The summed E-state index contributed by atoms with van der Waals surface area (Å²) in [5.74, 6) is 1.06. The normalized spacial score (nSPS) is 15.5. The summed E-state index contributed by atoms with van der Waals surface area (Å²) in [5, 5.41) is 8.29. The van der Waals surface area contributed by atoms with E-state index >= 15 is 0 Å². The van der Waals surface area contributed by atoms with Crippen molar-refractivity contribution in [2.75, 3.05) is 13.2 Å². The number of para-hydroxylation sites is 2. The summed E-state index contributed by atoms with van der Waals surface area (Å²) < 4.78 is 14.0. The van der Waals surface area contributed by atoms with Crippen LogP contribution in [0.15, 0.2) is 54.6 Å². The topological polar surface area (TPSA) is 68.6 Å². The van der Waals surface area contributed by atoms with Crippen LogP contribution >= 0.6 is 11.6 Å². The summed E-state index contributed by atoms with van der Waals surface area (Å²) >= 11 is 6.41. The van der Waals surface area contributed by atoms with Gasteiger partial charge in [0.05, 0.1) is 34.6 Å². The largest absolute Gasteiger partial charge is 0.437 e. The van der Waals surface area contributed by atoms with Gasteiger partial charge in [0.15, 0.2) is 0 Å². The minimum absolute atomic E-state index is 0.0199. The van der Waals surface area contributed by atoms with E-state index in [-0.39, 0.29) is 18.2 Å². The third-order valence-corrected chi connectivity index (χ3v) is 5.99. The highest BCUT2D eigenvalue weighted by atomic mass is 35.5. The van der Waals surface area contributed by atoms with Gasteiger partial charge in [0.2, 0.25) is 5.88 Å². The maximum Gasteiger partial charge on any atom is 0.317 e. The molecule has 1 aliphatic heterocycles. The Balaban J connectivity index is 1.73. The minimum atomic E-state index is -0.138. The summed E-state index contributed by atoms with van der Waals surface area (Å²) in [5.41, 5.74) is 2.46. The molecule has 3 aromatic rings. The highest BCUT2D eigenvalue weighted by Crippen LogP contribution is 2.35. The molecule has 0 saturated carbocycles. The van der Waals surface area contributed by atoms with Crippen molar-refractivity contribution in [3.8, 4) is 17.3 Å². The average Bonchev–Trinajstić information content (AvgIpc) is 3.43. The summed E-state index contributed by atoms with van der Waals surface area (Å²) in [6.45, 7) is 7.39. The lowest BCUT2D eigenvalue weighted by molar-refractivity contribution is 0.0789. The molecule has 1 N–H and O–H groups in total. The Kier molecular flexibility index (Phi) is 7.75. The molecule has 4 rings (SSSR count). The van der Waals surface area contributed by atoms with Crippen LogP contribution in [0.2, 0.25) is 5.02 Å². The Morgan fingerprint density at radius 1 is 1.24 bits per heavy atom. The number of amides is 2. The van der Waals surface area contributed by atoms with E-state index in [2.05, 4.69) is 5.32 Å². The van der Waals surface area contributed by atoms with Gasteiger partial charge in [-0.2, -0.15) is 5.10 Å². The van der Waals surface area contributed by atoms with Crippen molar-refractivity contribution >= 4 is 17.6 Å². The Morgan fingerprint density at radius 3 is 2.65 bits per heavy atom. The molecule has 2 aromatic carbocycles. The van der Waals surface area contributed by atoms with Crippen molar-refractivity contribution in [2.45, 2.75) is 52.3 Å². The number of urea groups is 1. The van der Waals surface area contributed by atoms with Crippen molar-refractivity contribution in [2.24, 2.45) is 0 Å². The lowest BCUT2D eigenvalue weighted by Crippen LogP contribution is -2.45. The van der Waals surface area contributed by atoms with Gasteiger partial charge in [-0.25, -0.2) is 9.48 Å². The molecule has 1 fully saturated rings. The van der Waals surface area contributed by atoms with E-state index in [4.69, 9.17) is 26.2 Å². The Labute approximate surface area is 205 Å². The number of hydrogen-bond donors (Lipinski definition) is 1. The summed E-state index contributed by atoms with van der Waals surface area (Å²) in [6.07, 6.45) is 1.97. The third kappa shape index (κ3) is 5.72. The molecule has 0 unspecified atom stereocenters. The number of carbonyl (C=O) groups is 1. The van der Waals surface area contributed by atoms with Gasteiger partial charge in [-0.05, 0) is 57.9 Å². The average molecular weight is 483 g/mol. The van der Waals surface area contributed by atoms with Gasteiger partial charge >= 0.3 is 6.03 Å². The molecule has 180 valence electrons. The van der Waals surface area contributed by atoms with Crippen molar-refractivity contribution in [1.29, 1.82) is 0 Å². The van der Waals surface area contributed by atoms with Gasteiger partial charge in [0.25, 0.3) is 0 Å². The second-order valence-corrected chi connectivity index (χ2v) is 9.18. The SMILES string of the molecule is Cc1nn(-c2ccccc2)c(Oc2ccccc2Cl)c1CN(C[C@H]1CCCO1)C(=O)NC(C)C. The number of aromatic nitrogens is 2. The lowest BCUT2D eigenvalue weighted by Gasteiger charge is -2.27. The first-order valence-electron chi connectivity index (χ1n) is 11.7. The van der Waals surface area contributed by atoms with Gasteiger partial charge in [-0.1, -0.05) is 41.9 Å². The first-order valence-corrected chi connectivity index (χ1v) is 12.0. The van der Waals surface area contributed by atoms with Crippen LogP contribution in [0.4, 0.5) is 4.79 Å². The number of carbonyl (C=O) groups excluding carboxylic acids is 1. The van der Waals surface area contributed by atoms with E-state index in [0.717, 1.165) is 36.4 Å². The number of ether oxygens (including phenoxy) is 2. The molecule has 8 heteroatoms. The monoisotopic (exact) mass is 482 g/mol. The fourth-order valence-corrected chi connectivity index (χ4v) is 4.16. The maximum absolute atomic E-state index is 13.1. The number of nitrogens with zero attached hydrogens (tertiary/aromatic N) is 3. The van der Waals surface area contributed by atoms with E-state index in [9.17, 15) is 4.79 Å². The van der Waals surface area contributed by atoms with Crippen molar-refractivity contribution in [3.05, 3.63) is 70.9 Å². The number of aryl methyl sites for hydroxylation is 1. The number of nitrogens with one attached hydrogen (secondary N) is 1. The number of benzene rings is 2. The van der Waals surface area contributed by atoms with E-state index in [1.807, 2.05) is 69.3 Å².